The summed E-state index contributed by atoms with van der Waals surface area (Å²) in [7, 11) is 0. The van der Waals surface area contributed by atoms with E-state index in [1.165, 1.54) is 0 Å². The number of hydrogen-bond donors (Lipinski definition) is 0. The summed E-state index contributed by atoms with van der Waals surface area (Å²) in [4.78, 5) is 0. The highest BCUT2D eigenvalue weighted by Crippen LogP contribution is 2.54. The lowest BCUT2D eigenvalue weighted by Crippen LogP contribution is -2.39. The van der Waals surface area contributed by atoms with Gasteiger partial charge in [-0.3, -0.25) is 0 Å². The molecular weight excluding hydrogens is 122 g/mol. The summed E-state index contributed by atoms with van der Waals surface area (Å²) in [6.07, 6.45) is 3.03. The Hall–Kier alpha value is -0.140. The summed E-state index contributed by atoms with van der Waals surface area (Å²) in [6, 6.07) is 0. The van der Waals surface area contributed by atoms with Gasteiger partial charge in [0, 0.05) is 12.3 Å². The van der Waals surface area contributed by atoms with Crippen LogP contribution in [0.3, 0.4) is 0 Å². The Balaban J connectivity index is 1.98. The van der Waals surface area contributed by atoms with Crippen molar-refractivity contribution < 1.29 is 8.78 Å². The van der Waals surface area contributed by atoms with Crippen molar-refractivity contribution in [3.05, 3.63) is 0 Å². The molecule has 52 valence electrons. The molecule has 2 fully saturated rings. The number of hydrogen-bond acceptors (Lipinski definition) is 0. The minimum atomic E-state index is -2.28. The molecule has 2 heteroatoms. The maximum absolute atomic E-state index is 12.5. The van der Waals surface area contributed by atoms with Gasteiger partial charge in [-0.05, 0) is 25.2 Å². The highest BCUT2D eigenvalue weighted by atomic mass is 19.3. The molecule has 0 aliphatic heterocycles. The second-order valence-corrected chi connectivity index (χ2v) is 3.24. The molecule has 0 heterocycles. The molecule has 0 aromatic heterocycles. The third-order valence-corrected chi connectivity index (χ3v) is 2.52. The maximum atomic E-state index is 12.5. The molecule has 2 aliphatic rings. The highest BCUT2D eigenvalue weighted by molar-refractivity contribution is 4.96. The Morgan fingerprint density at radius 3 is 1.89 bits per heavy atom. The van der Waals surface area contributed by atoms with Crippen molar-refractivity contribution in [2.45, 2.75) is 31.6 Å². The third-order valence-electron chi connectivity index (χ3n) is 2.52. The van der Waals surface area contributed by atoms with Crippen molar-refractivity contribution in [1.29, 1.82) is 0 Å². The van der Waals surface area contributed by atoms with Crippen LogP contribution in [0.25, 0.3) is 0 Å². The van der Waals surface area contributed by atoms with Crippen molar-refractivity contribution in [3.63, 3.8) is 0 Å². The molecule has 0 amide bonds. The highest BCUT2D eigenvalue weighted by Gasteiger charge is 2.54. The second-order valence-electron chi connectivity index (χ2n) is 3.24. The first-order chi connectivity index (χ1) is 4.20. The molecule has 0 spiro atoms. The van der Waals surface area contributed by atoms with Crippen LogP contribution >= 0.6 is 0 Å². The molecule has 0 bridgehead atoms. The molecule has 1 atom stereocenters. The largest absolute Gasteiger partial charge is 0.251 e. The van der Waals surface area contributed by atoms with E-state index in [4.69, 9.17) is 0 Å². The molecule has 0 radical (unpaired) electrons. The van der Waals surface area contributed by atoms with Crippen molar-refractivity contribution in [3.8, 4) is 0 Å². The standard InChI is InChI=1S/C7H10F2/c8-7(9)4-3-6(7)5-1-2-5/h5-6H,1-4H2. The fourth-order valence-corrected chi connectivity index (χ4v) is 1.61. The van der Waals surface area contributed by atoms with Crippen LogP contribution in [-0.4, -0.2) is 5.92 Å². The van der Waals surface area contributed by atoms with Crippen LogP contribution in [0.5, 0.6) is 0 Å². The Labute approximate surface area is 53.2 Å². The molecule has 1 unspecified atom stereocenters. The molecule has 9 heavy (non-hydrogen) atoms. The van der Waals surface area contributed by atoms with E-state index in [1.54, 1.807) is 0 Å². The van der Waals surface area contributed by atoms with E-state index in [9.17, 15) is 8.78 Å². The van der Waals surface area contributed by atoms with Crippen molar-refractivity contribution >= 4 is 0 Å². The molecule has 0 N–H and O–H groups in total. The molecule has 2 aliphatic carbocycles. The van der Waals surface area contributed by atoms with Crippen LogP contribution in [0, 0.1) is 11.8 Å². The maximum Gasteiger partial charge on any atom is 0.251 e. The number of halogens is 2. The van der Waals surface area contributed by atoms with Crippen LogP contribution in [0.4, 0.5) is 8.78 Å². The minimum absolute atomic E-state index is 0.147. The first-order valence-electron chi connectivity index (χ1n) is 3.58. The van der Waals surface area contributed by atoms with Crippen molar-refractivity contribution in [2.24, 2.45) is 11.8 Å². The number of alkyl halides is 2. The van der Waals surface area contributed by atoms with E-state index in [-0.39, 0.29) is 12.3 Å². The predicted molar refractivity (Wildman–Crippen MR) is 30.4 cm³/mol. The van der Waals surface area contributed by atoms with Crippen LogP contribution < -0.4 is 0 Å². The smallest absolute Gasteiger partial charge is 0.207 e. The monoisotopic (exact) mass is 132 g/mol. The third kappa shape index (κ3) is 0.759. The van der Waals surface area contributed by atoms with Crippen LogP contribution in [-0.2, 0) is 0 Å². The molecule has 0 aromatic rings. The summed E-state index contributed by atoms with van der Waals surface area (Å²) in [5, 5.41) is 0. The zero-order valence-corrected chi connectivity index (χ0v) is 5.24. The SMILES string of the molecule is FC1(F)CCC1C1CC1. The van der Waals surface area contributed by atoms with Gasteiger partial charge in [0.25, 0.3) is 5.92 Å². The van der Waals surface area contributed by atoms with Crippen LogP contribution in [0.2, 0.25) is 0 Å². The van der Waals surface area contributed by atoms with Gasteiger partial charge in [0.15, 0.2) is 0 Å². The van der Waals surface area contributed by atoms with Gasteiger partial charge >= 0.3 is 0 Å². The van der Waals surface area contributed by atoms with Gasteiger partial charge in [0.1, 0.15) is 0 Å². The fraction of sp³-hybridized carbons (Fsp3) is 1.00. The average molecular weight is 132 g/mol. The summed E-state index contributed by atoms with van der Waals surface area (Å²) < 4.78 is 25.0. The molecule has 2 rings (SSSR count). The Morgan fingerprint density at radius 1 is 1.11 bits per heavy atom. The Kier molecular flexibility index (Phi) is 0.920. The lowest BCUT2D eigenvalue weighted by Gasteiger charge is -2.36. The van der Waals surface area contributed by atoms with Gasteiger partial charge in [-0.15, -0.1) is 0 Å². The van der Waals surface area contributed by atoms with E-state index >= 15 is 0 Å². The first kappa shape index (κ1) is 5.63. The summed E-state index contributed by atoms with van der Waals surface area (Å²) in [6.45, 7) is 0. The predicted octanol–water partition coefficient (Wildman–Crippen LogP) is 2.44. The first-order valence-corrected chi connectivity index (χ1v) is 3.58. The van der Waals surface area contributed by atoms with E-state index in [2.05, 4.69) is 0 Å². The van der Waals surface area contributed by atoms with Crippen LogP contribution in [0.1, 0.15) is 25.7 Å². The molecule has 0 nitrogen and oxygen atoms in total. The van der Waals surface area contributed by atoms with Crippen LogP contribution in [0.15, 0.2) is 0 Å². The second kappa shape index (κ2) is 1.47. The van der Waals surface area contributed by atoms with Gasteiger partial charge < -0.3 is 0 Å². The van der Waals surface area contributed by atoms with Crippen molar-refractivity contribution in [1.82, 2.24) is 0 Å². The topological polar surface area (TPSA) is 0 Å². The summed E-state index contributed by atoms with van der Waals surface area (Å²) in [5.74, 6) is -2.10. The number of rotatable bonds is 1. The molecular formula is C7H10F2. The minimum Gasteiger partial charge on any atom is -0.207 e. The van der Waals surface area contributed by atoms with E-state index < -0.39 is 5.92 Å². The lowest BCUT2D eigenvalue weighted by molar-refractivity contribution is -0.140. The molecule has 0 aromatic carbocycles. The Morgan fingerprint density at radius 2 is 1.78 bits per heavy atom. The van der Waals surface area contributed by atoms with Gasteiger partial charge in [0.05, 0.1) is 0 Å². The zero-order chi connectivity index (χ0) is 6.48. The molecule has 0 saturated heterocycles. The van der Waals surface area contributed by atoms with E-state index in [1.807, 2.05) is 0 Å². The zero-order valence-electron chi connectivity index (χ0n) is 5.24. The average Bonchev–Trinajstić information content (AvgIpc) is 2.48. The quantitative estimate of drug-likeness (QED) is 0.514. The van der Waals surface area contributed by atoms with Gasteiger partial charge in [0.2, 0.25) is 0 Å². The van der Waals surface area contributed by atoms with Gasteiger partial charge in [-0.1, -0.05) is 0 Å². The van der Waals surface area contributed by atoms with Gasteiger partial charge in [-0.25, -0.2) is 8.78 Å². The summed E-state index contributed by atoms with van der Waals surface area (Å²) in [5.41, 5.74) is 0. The lowest BCUT2D eigenvalue weighted by atomic mass is 9.77. The summed E-state index contributed by atoms with van der Waals surface area (Å²) >= 11 is 0. The van der Waals surface area contributed by atoms with E-state index in [0.717, 1.165) is 19.3 Å². The molecule has 2 saturated carbocycles. The van der Waals surface area contributed by atoms with Crippen molar-refractivity contribution in [2.75, 3.05) is 0 Å². The van der Waals surface area contributed by atoms with E-state index in [0.29, 0.717) is 5.92 Å². The normalized spacial score (nSPS) is 40.0. The fourth-order valence-electron chi connectivity index (χ4n) is 1.61. The Bertz CT molecular complexity index is 127. The van der Waals surface area contributed by atoms with Gasteiger partial charge in [-0.2, -0.15) is 0 Å².